The van der Waals surface area contributed by atoms with E-state index < -0.39 is 33.5 Å². The summed E-state index contributed by atoms with van der Waals surface area (Å²) in [6.07, 6.45) is -0.370. The average molecular weight is 543 g/mol. The fraction of sp³-hybridized carbons (Fsp3) is 0.389. The first-order valence-electron chi connectivity index (χ1n) is 10.1. The van der Waals surface area contributed by atoms with Gasteiger partial charge in [-0.3, -0.25) is 19.6 Å². The third-order valence-electron chi connectivity index (χ3n) is 4.96. The zero-order valence-corrected chi connectivity index (χ0v) is 20.6. The molecular formula is C18H22N8O8S2. The van der Waals surface area contributed by atoms with Crippen LogP contribution in [0.2, 0.25) is 0 Å². The highest BCUT2D eigenvalue weighted by molar-refractivity contribution is 7.80. The molecule has 1 aliphatic heterocycles. The van der Waals surface area contributed by atoms with Crippen molar-refractivity contribution in [3.05, 3.63) is 28.9 Å². The van der Waals surface area contributed by atoms with E-state index in [9.17, 15) is 18.0 Å². The lowest BCUT2D eigenvalue weighted by atomic mass is 9.74. The topological polar surface area (TPSA) is 246 Å². The molecule has 2 aromatic rings. The number of aromatic nitrogens is 3. The van der Waals surface area contributed by atoms with Crippen molar-refractivity contribution in [3.8, 4) is 5.88 Å². The predicted octanol–water partition coefficient (Wildman–Crippen LogP) is -0.470. The summed E-state index contributed by atoms with van der Waals surface area (Å²) >= 11 is 1.06. The van der Waals surface area contributed by atoms with Crippen molar-refractivity contribution in [1.82, 2.24) is 20.2 Å². The summed E-state index contributed by atoms with van der Waals surface area (Å²) in [5.41, 5.74) is 9.86. The lowest BCUT2D eigenvalue weighted by Gasteiger charge is -2.50. The Balaban J connectivity index is 1.64. The quantitative estimate of drug-likeness (QED) is 0.0662. The SMILES string of the molecule is CC1(C)[C@H](CC(=O)/C(=N\OCCOc2ccc(C(=N)N)nn2)c2csc(N)n2)C(=O)N1OS(=O)(=O)O. The van der Waals surface area contributed by atoms with Crippen molar-refractivity contribution in [3.63, 3.8) is 0 Å². The fourth-order valence-corrected chi connectivity index (χ4v) is 4.12. The third-order valence-corrected chi connectivity index (χ3v) is 5.97. The Kier molecular flexibility index (Phi) is 7.82. The molecule has 1 saturated heterocycles. The summed E-state index contributed by atoms with van der Waals surface area (Å²) in [6, 6.07) is 2.92. The molecule has 3 rings (SSSR count). The van der Waals surface area contributed by atoms with Crippen molar-refractivity contribution in [2.45, 2.75) is 25.8 Å². The van der Waals surface area contributed by atoms with Crippen molar-refractivity contribution < 1.29 is 36.4 Å². The molecule has 0 spiro atoms. The zero-order valence-electron chi connectivity index (χ0n) is 18.9. The second-order valence-electron chi connectivity index (χ2n) is 7.83. The summed E-state index contributed by atoms with van der Waals surface area (Å²) in [7, 11) is -4.92. The van der Waals surface area contributed by atoms with Crippen LogP contribution in [0.15, 0.2) is 22.7 Å². The first-order chi connectivity index (χ1) is 16.8. The third kappa shape index (κ3) is 6.27. The van der Waals surface area contributed by atoms with Crippen molar-refractivity contribution in [1.29, 1.82) is 5.41 Å². The molecule has 0 unspecified atom stereocenters. The van der Waals surface area contributed by atoms with Gasteiger partial charge in [-0.1, -0.05) is 5.16 Å². The standard InChI is InChI=1S/C18H22N8O8S2/c1-18(2)9(16(28)26(18)34-36(29,30)31)7-12(27)14(11-8-35-17(21)22-11)25-33-6-5-32-13-4-3-10(15(19)20)23-24-13/h3-4,8-9H,5-7H2,1-2H3,(H3,19,20)(H2,21,22)(H,29,30,31)/b25-14-/t9-/m1/s1. The molecule has 16 nitrogen and oxygen atoms in total. The Hall–Kier alpha value is -3.74. The molecule has 18 heteroatoms. The van der Waals surface area contributed by atoms with E-state index in [1.54, 1.807) is 0 Å². The number of carbonyl (C=O) groups is 2. The first-order valence-corrected chi connectivity index (χ1v) is 12.3. The smallest absolute Gasteiger partial charge is 0.418 e. The Labute approximate surface area is 208 Å². The number of thiazole rings is 1. The fourth-order valence-electron chi connectivity index (χ4n) is 3.12. The van der Waals surface area contributed by atoms with Gasteiger partial charge in [0.2, 0.25) is 5.88 Å². The van der Waals surface area contributed by atoms with Crippen LogP contribution in [0.3, 0.4) is 0 Å². The number of hydrogen-bond acceptors (Lipinski definition) is 14. The Morgan fingerprint density at radius 1 is 1.31 bits per heavy atom. The van der Waals surface area contributed by atoms with E-state index in [2.05, 4.69) is 24.6 Å². The summed E-state index contributed by atoms with van der Waals surface area (Å²) < 4.78 is 40.5. The van der Waals surface area contributed by atoms with Crippen LogP contribution < -0.4 is 16.2 Å². The largest absolute Gasteiger partial charge is 0.473 e. The lowest BCUT2D eigenvalue weighted by Crippen LogP contribution is -2.68. The zero-order chi connectivity index (χ0) is 26.7. The van der Waals surface area contributed by atoms with Gasteiger partial charge in [0.25, 0.3) is 5.91 Å². The average Bonchev–Trinajstić information content (AvgIpc) is 3.23. The van der Waals surface area contributed by atoms with Gasteiger partial charge in [0.15, 0.2) is 23.2 Å². The molecule has 0 saturated carbocycles. The maximum Gasteiger partial charge on any atom is 0.418 e. The van der Waals surface area contributed by atoms with E-state index in [4.69, 9.17) is 31.0 Å². The number of nitrogens with zero attached hydrogens (tertiary/aromatic N) is 5. The molecule has 0 aliphatic carbocycles. The van der Waals surface area contributed by atoms with Gasteiger partial charge in [-0.2, -0.15) is 13.5 Å². The molecule has 1 amide bonds. The normalized spacial score (nSPS) is 17.4. The number of hydroxylamine groups is 2. The molecular weight excluding hydrogens is 520 g/mol. The van der Waals surface area contributed by atoms with Crippen LogP contribution in [0.5, 0.6) is 5.88 Å². The predicted molar refractivity (Wildman–Crippen MR) is 124 cm³/mol. The van der Waals surface area contributed by atoms with Crippen LogP contribution in [0.25, 0.3) is 0 Å². The maximum atomic E-state index is 13.0. The summed E-state index contributed by atoms with van der Waals surface area (Å²) in [5.74, 6) is -2.48. The number of ketones is 1. The molecule has 0 bridgehead atoms. The van der Waals surface area contributed by atoms with Crippen molar-refractivity contribution in [2.24, 2.45) is 16.8 Å². The molecule has 2 aromatic heterocycles. The van der Waals surface area contributed by atoms with Crippen LogP contribution in [0.1, 0.15) is 31.7 Å². The van der Waals surface area contributed by atoms with Crippen molar-refractivity contribution in [2.75, 3.05) is 18.9 Å². The number of nitrogen functional groups attached to an aromatic ring is 2. The molecule has 194 valence electrons. The van der Waals surface area contributed by atoms with E-state index in [1.165, 1.54) is 31.4 Å². The molecule has 1 atom stereocenters. The minimum Gasteiger partial charge on any atom is -0.473 e. The number of Topliss-reactive ketones (excluding diaryl/α,β-unsaturated/α-hetero) is 1. The van der Waals surface area contributed by atoms with Gasteiger partial charge in [-0.05, 0) is 19.9 Å². The van der Waals surface area contributed by atoms with Crippen molar-refractivity contribution >= 4 is 50.1 Å². The van der Waals surface area contributed by atoms with Crippen LogP contribution in [0, 0.1) is 11.3 Å². The van der Waals surface area contributed by atoms with Gasteiger partial charge in [0.05, 0.1) is 11.5 Å². The summed E-state index contributed by atoms with van der Waals surface area (Å²) in [6.45, 7) is 2.81. The Morgan fingerprint density at radius 3 is 2.56 bits per heavy atom. The van der Waals surface area contributed by atoms with Crippen LogP contribution in [-0.2, 0) is 29.1 Å². The number of hydrogen-bond donors (Lipinski definition) is 4. The number of nitrogens with one attached hydrogen (secondary N) is 1. The van der Waals surface area contributed by atoms with Gasteiger partial charge in [0.1, 0.15) is 23.8 Å². The van der Waals surface area contributed by atoms with Crippen LogP contribution in [-0.4, -0.2) is 75.2 Å². The molecule has 0 radical (unpaired) electrons. The minimum absolute atomic E-state index is 0.0195. The highest BCUT2D eigenvalue weighted by atomic mass is 32.3. The number of ether oxygens (including phenoxy) is 1. The number of nitrogens with two attached hydrogens (primary N) is 2. The molecule has 6 N–H and O–H groups in total. The van der Waals surface area contributed by atoms with Gasteiger partial charge in [-0.15, -0.1) is 25.8 Å². The van der Waals surface area contributed by atoms with E-state index >= 15 is 0 Å². The van der Waals surface area contributed by atoms with Gasteiger partial charge >= 0.3 is 10.4 Å². The monoisotopic (exact) mass is 542 g/mol. The first kappa shape index (κ1) is 26.9. The van der Waals surface area contributed by atoms with E-state index in [0.29, 0.717) is 5.06 Å². The molecule has 3 heterocycles. The van der Waals surface area contributed by atoms with E-state index in [1.807, 2.05) is 0 Å². The summed E-state index contributed by atoms with van der Waals surface area (Å²) in [4.78, 5) is 34.6. The second kappa shape index (κ2) is 10.5. The number of amides is 1. The Bertz CT molecular complexity index is 1290. The molecule has 0 aromatic carbocycles. The number of anilines is 1. The lowest BCUT2D eigenvalue weighted by molar-refractivity contribution is -0.228. The van der Waals surface area contributed by atoms with E-state index in [0.717, 1.165) is 11.3 Å². The Morgan fingerprint density at radius 2 is 2.03 bits per heavy atom. The molecule has 1 fully saturated rings. The molecule has 36 heavy (non-hydrogen) atoms. The second-order valence-corrected chi connectivity index (χ2v) is 9.73. The number of β-lactam (4-membered cyclic amide) rings is 1. The van der Waals surface area contributed by atoms with E-state index in [-0.39, 0.29) is 53.6 Å². The maximum absolute atomic E-state index is 13.0. The minimum atomic E-state index is -4.92. The van der Waals surface area contributed by atoms with Gasteiger partial charge in [0, 0.05) is 17.9 Å². The molecule has 1 aliphatic rings. The highest BCUT2D eigenvalue weighted by Crippen LogP contribution is 2.40. The number of amidine groups is 1. The number of rotatable bonds is 12. The summed E-state index contributed by atoms with van der Waals surface area (Å²) in [5, 5.41) is 20.7. The van der Waals surface area contributed by atoms with Gasteiger partial charge < -0.3 is 21.0 Å². The number of carbonyl (C=O) groups excluding carboxylic acids is 2. The number of oxime groups is 1. The highest BCUT2D eigenvalue weighted by Gasteiger charge is 2.57. The van der Waals surface area contributed by atoms with Crippen LogP contribution in [0.4, 0.5) is 5.13 Å². The van der Waals surface area contributed by atoms with Gasteiger partial charge in [-0.25, -0.2) is 4.98 Å². The van der Waals surface area contributed by atoms with Crippen LogP contribution >= 0.6 is 11.3 Å².